The van der Waals surface area contributed by atoms with Crippen LogP contribution in [-0.2, 0) is 24.1 Å². The molecule has 1 amide bonds. The number of aryl methyl sites for hydroxylation is 2. The molecule has 0 spiro atoms. The maximum atomic E-state index is 10.7. The van der Waals surface area contributed by atoms with E-state index >= 15 is 0 Å². The molecule has 1 atom stereocenters. The average Bonchev–Trinajstić information content (AvgIpc) is 2.25. The molecule has 1 aromatic carbocycles. The van der Waals surface area contributed by atoms with Crippen LogP contribution in [-0.4, -0.2) is 11.9 Å². The molecule has 0 aromatic heterocycles. The molecule has 3 heteroatoms. The van der Waals surface area contributed by atoms with Crippen molar-refractivity contribution in [2.24, 2.45) is 11.5 Å². The lowest BCUT2D eigenvalue weighted by Gasteiger charge is -2.21. The first kappa shape index (κ1) is 11.1. The number of rotatable bonds is 3. The minimum atomic E-state index is -0.241. The highest BCUT2D eigenvalue weighted by atomic mass is 16.1. The van der Waals surface area contributed by atoms with Crippen LogP contribution in [0.4, 0.5) is 0 Å². The molecule has 4 N–H and O–H groups in total. The van der Waals surface area contributed by atoms with Gasteiger partial charge in [-0.3, -0.25) is 4.79 Å². The molecular formula is C13H18N2O. The molecule has 0 radical (unpaired) electrons. The normalized spacial score (nSPS) is 19.2. The second-order valence-electron chi connectivity index (χ2n) is 4.57. The van der Waals surface area contributed by atoms with Gasteiger partial charge in [-0.05, 0) is 42.4 Å². The lowest BCUT2D eigenvalue weighted by Crippen LogP contribution is -2.27. The highest BCUT2D eigenvalue weighted by Crippen LogP contribution is 2.22. The van der Waals surface area contributed by atoms with E-state index in [-0.39, 0.29) is 5.91 Å². The van der Waals surface area contributed by atoms with Crippen LogP contribution in [0.5, 0.6) is 0 Å². The summed E-state index contributed by atoms with van der Waals surface area (Å²) in [6.07, 6.45) is 4.27. The molecule has 1 aliphatic rings. The molecule has 0 aliphatic heterocycles. The summed E-state index contributed by atoms with van der Waals surface area (Å²) in [5.74, 6) is -0.241. The van der Waals surface area contributed by atoms with Gasteiger partial charge in [-0.2, -0.15) is 0 Å². The Bertz CT molecular complexity index is 401. The summed E-state index contributed by atoms with van der Waals surface area (Å²) in [5, 5.41) is 0. The molecule has 2 rings (SSSR count). The lowest BCUT2D eigenvalue weighted by molar-refractivity contribution is -0.117. The van der Waals surface area contributed by atoms with Crippen molar-refractivity contribution in [3.63, 3.8) is 0 Å². The van der Waals surface area contributed by atoms with Crippen molar-refractivity contribution in [3.8, 4) is 0 Å². The number of hydrogen-bond donors (Lipinski definition) is 2. The van der Waals surface area contributed by atoms with Crippen LogP contribution >= 0.6 is 0 Å². The Morgan fingerprint density at radius 1 is 1.38 bits per heavy atom. The summed E-state index contributed by atoms with van der Waals surface area (Å²) in [7, 11) is 0. The van der Waals surface area contributed by atoms with E-state index in [4.69, 9.17) is 11.5 Å². The zero-order chi connectivity index (χ0) is 11.5. The van der Waals surface area contributed by atoms with Crippen LogP contribution in [0.2, 0.25) is 0 Å². The predicted octanol–water partition coefficient (Wildman–Crippen LogP) is 0.920. The van der Waals surface area contributed by atoms with Crippen LogP contribution in [0.1, 0.15) is 29.5 Å². The number of primary amides is 1. The molecule has 0 saturated carbocycles. The van der Waals surface area contributed by atoms with E-state index in [2.05, 4.69) is 18.2 Å². The van der Waals surface area contributed by atoms with E-state index in [0.29, 0.717) is 12.5 Å². The van der Waals surface area contributed by atoms with Crippen molar-refractivity contribution >= 4 is 5.91 Å². The smallest absolute Gasteiger partial charge is 0.217 e. The molecule has 0 saturated heterocycles. The fourth-order valence-corrected chi connectivity index (χ4v) is 2.26. The molecule has 1 aliphatic carbocycles. The Hall–Kier alpha value is -1.35. The molecule has 0 unspecified atom stereocenters. The highest BCUT2D eigenvalue weighted by Gasteiger charge is 2.15. The summed E-state index contributed by atoms with van der Waals surface area (Å²) in [5.41, 5.74) is 15.0. The van der Waals surface area contributed by atoms with Gasteiger partial charge in [0.25, 0.3) is 0 Å². The molecule has 0 bridgehead atoms. The number of hydrogen-bond acceptors (Lipinski definition) is 2. The van der Waals surface area contributed by atoms with Gasteiger partial charge in [0.1, 0.15) is 0 Å². The average molecular weight is 218 g/mol. The number of amides is 1. The van der Waals surface area contributed by atoms with Crippen molar-refractivity contribution < 1.29 is 4.79 Å². The van der Waals surface area contributed by atoms with Gasteiger partial charge in [0.05, 0.1) is 0 Å². The van der Waals surface area contributed by atoms with Gasteiger partial charge in [0.2, 0.25) is 5.91 Å². The third kappa shape index (κ3) is 2.61. The van der Waals surface area contributed by atoms with Crippen molar-refractivity contribution in [1.29, 1.82) is 0 Å². The van der Waals surface area contributed by atoms with Gasteiger partial charge in [0.15, 0.2) is 0 Å². The number of nitrogens with two attached hydrogens (primary N) is 2. The number of fused-ring (bicyclic) bond motifs is 1. The standard InChI is InChI=1S/C13H18N2O/c14-12-5-4-10-3-1-9(2-6-13(15)16)7-11(10)8-12/h1,3,7,12H,2,4-6,8,14H2,(H2,15,16)/t12-/m0/s1. The van der Waals surface area contributed by atoms with Crippen LogP contribution in [0.15, 0.2) is 18.2 Å². The lowest BCUT2D eigenvalue weighted by atomic mass is 9.87. The molecule has 1 aromatic rings. The maximum Gasteiger partial charge on any atom is 0.217 e. The Kier molecular flexibility index (Phi) is 3.25. The first-order chi connectivity index (χ1) is 7.65. The second-order valence-corrected chi connectivity index (χ2v) is 4.57. The van der Waals surface area contributed by atoms with Crippen LogP contribution in [0.25, 0.3) is 0 Å². The Morgan fingerprint density at radius 3 is 2.94 bits per heavy atom. The Labute approximate surface area is 95.8 Å². The molecular weight excluding hydrogens is 200 g/mol. The van der Waals surface area contributed by atoms with Gasteiger partial charge < -0.3 is 11.5 Å². The third-order valence-corrected chi connectivity index (χ3v) is 3.20. The zero-order valence-corrected chi connectivity index (χ0v) is 9.41. The van der Waals surface area contributed by atoms with Gasteiger partial charge in [-0.15, -0.1) is 0 Å². The summed E-state index contributed by atoms with van der Waals surface area (Å²) in [6.45, 7) is 0. The minimum absolute atomic E-state index is 0.241. The predicted molar refractivity (Wildman–Crippen MR) is 64.0 cm³/mol. The summed E-state index contributed by atoms with van der Waals surface area (Å²) < 4.78 is 0. The van der Waals surface area contributed by atoms with Crippen molar-refractivity contribution in [2.45, 2.75) is 38.1 Å². The third-order valence-electron chi connectivity index (χ3n) is 3.20. The first-order valence-electron chi connectivity index (χ1n) is 5.79. The van der Waals surface area contributed by atoms with Crippen LogP contribution in [0.3, 0.4) is 0 Å². The molecule has 0 fully saturated rings. The van der Waals surface area contributed by atoms with Crippen molar-refractivity contribution in [3.05, 3.63) is 34.9 Å². The minimum Gasteiger partial charge on any atom is -0.370 e. The fourth-order valence-electron chi connectivity index (χ4n) is 2.26. The summed E-state index contributed by atoms with van der Waals surface area (Å²) in [6, 6.07) is 6.73. The van der Waals surface area contributed by atoms with E-state index < -0.39 is 0 Å². The maximum absolute atomic E-state index is 10.7. The largest absolute Gasteiger partial charge is 0.370 e. The summed E-state index contributed by atoms with van der Waals surface area (Å²) in [4.78, 5) is 10.7. The van der Waals surface area contributed by atoms with E-state index in [1.165, 1.54) is 16.7 Å². The number of carbonyl (C=O) groups excluding carboxylic acids is 1. The Morgan fingerprint density at radius 2 is 2.19 bits per heavy atom. The fraction of sp³-hybridized carbons (Fsp3) is 0.462. The van der Waals surface area contributed by atoms with E-state index in [1.54, 1.807) is 0 Å². The van der Waals surface area contributed by atoms with Gasteiger partial charge >= 0.3 is 0 Å². The molecule has 86 valence electrons. The second kappa shape index (κ2) is 4.66. The van der Waals surface area contributed by atoms with Gasteiger partial charge in [-0.1, -0.05) is 18.2 Å². The number of carbonyl (C=O) groups is 1. The molecule has 3 nitrogen and oxygen atoms in total. The van der Waals surface area contributed by atoms with E-state index in [9.17, 15) is 4.79 Å². The number of benzene rings is 1. The monoisotopic (exact) mass is 218 g/mol. The quantitative estimate of drug-likeness (QED) is 0.792. The zero-order valence-electron chi connectivity index (χ0n) is 9.41. The van der Waals surface area contributed by atoms with Gasteiger partial charge in [-0.25, -0.2) is 0 Å². The topological polar surface area (TPSA) is 69.1 Å². The first-order valence-corrected chi connectivity index (χ1v) is 5.79. The van der Waals surface area contributed by atoms with Crippen LogP contribution in [0, 0.1) is 0 Å². The van der Waals surface area contributed by atoms with E-state index in [0.717, 1.165) is 25.7 Å². The SMILES string of the molecule is NC(=O)CCc1ccc2c(c1)C[C@@H](N)CC2. The van der Waals surface area contributed by atoms with Crippen molar-refractivity contribution in [1.82, 2.24) is 0 Å². The highest BCUT2D eigenvalue weighted by molar-refractivity contribution is 5.74. The summed E-state index contributed by atoms with van der Waals surface area (Å²) >= 11 is 0. The van der Waals surface area contributed by atoms with Crippen LogP contribution < -0.4 is 11.5 Å². The van der Waals surface area contributed by atoms with E-state index in [1.807, 2.05) is 0 Å². The Balaban J connectivity index is 2.11. The van der Waals surface area contributed by atoms with Gasteiger partial charge in [0, 0.05) is 12.5 Å². The van der Waals surface area contributed by atoms with Crippen molar-refractivity contribution in [2.75, 3.05) is 0 Å². The molecule has 16 heavy (non-hydrogen) atoms. The molecule has 0 heterocycles.